The van der Waals surface area contributed by atoms with Gasteiger partial charge in [0.05, 0.1) is 10.4 Å². The molecule has 7 nitrogen and oxygen atoms in total. The molecule has 0 saturated heterocycles. The van der Waals surface area contributed by atoms with Crippen LogP contribution in [0.5, 0.6) is 0 Å². The van der Waals surface area contributed by atoms with Gasteiger partial charge in [0.2, 0.25) is 11.7 Å². The second kappa shape index (κ2) is 7.87. The molecule has 0 bridgehead atoms. The summed E-state index contributed by atoms with van der Waals surface area (Å²) in [6.07, 6.45) is 7.12. The van der Waals surface area contributed by atoms with Crippen LogP contribution in [-0.2, 0) is 11.3 Å². The average Bonchev–Trinajstić information content (AvgIpc) is 3.36. The summed E-state index contributed by atoms with van der Waals surface area (Å²) in [5, 5.41) is 8.95. The summed E-state index contributed by atoms with van der Waals surface area (Å²) in [6, 6.07) is 7.09. The third-order valence-corrected chi connectivity index (χ3v) is 5.55. The quantitative estimate of drug-likeness (QED) is 0.730. The normalized spacial score (nSPS) is 15.0. The van der Waals surface area contributed by atoms with Crippen LogP contribution >= 0.6 is 11.3 Å². The summed E-state index contributed by atoms with van der Waals surface area (Å²) < 4.78 is 6.70. The first-order chi connectivity index (χ1) is 13.2. The van der Waals surface area contributed by atoms with Gasteiger partial charge in [0.1, 0.15) is 6.54 Å². The monoisotopic (exact) mass is 384 g/mol. The van der Waals surface area contributed by atoms with E-state index in [2.05, 4.69) is 15.5 Å². The van der Waals surface area contributed by atoms with Gasteiger partial charge in [-0.2, -0.15) is 4.98 Å². The Hall–Kier alpha value is -2.74. The lowest BCUT2D eigenvalue weighted by Crippen LogP contribution is -2.39. The summed E-state index contributed by atoms with van der Waals surface area (Å²) in [6.45, 7) is -0.0188. The number of carbonyl (C=O) groups excluding carboxylic acids is 1. The first-order valence-corrected chi connectivity index (χ1v) is 9.95. The highest BCUT2D eigenvalue weighted by Gasteiger charge is 2.17. The molecule has 27 heavy (non-hydrogen) atoms. The summed E-state index contributed by atoms with van der Waals surface area (Å²) in [4.78, 5) is 29.8. The van der Waals surface area contributed by atoms with Gasteiger partial charge in [-0.1, -0.05) is 30.5 Å². The fourth-order valence-electron chi connectivity index (χ4n) is 3.30. The maximum Gasteiger partial charge on any atom is 0.259 e. The molecular formula is C19H20N4O3S. The SMILES string of the molecule is O=C(Cn1cc(-c2nc(-c3cccs3)no2)ccc1=O)NC1CCCCC1. The first-order valence-electron chi connectivity index (χ1n) is 9.07. The average molecular weight is 384 g/mol. The van der Waals surface area contributed by atoms with E-state index in [1.54, 1.807) is 12.3 Å². The van der Waals surface area contributed by atoms with E-state index in [9.17, 15) is 9.59 Å². The molecule has 0 unspecified atom stereocenters. The number of hydrogen-bond donors (Lipinski definition) is 1. The minimum Gasteiger partial charge on any atom is -0.352 e. The van der Waals surface area contributed by atoms with Crippen molar-refractivity contribution >= 4 is 17.2 Å². The Morgan fingerprint density at radius 1 is 1.26 bits per heavy atom. The van der Waals surface area contributed by atoms with Crippen molar-refractivity contribution in [2.75, 3.05) is 0 Å². The molecule has 4 rings (SSSR count). The van der Waals surface area contributed by atoms with Gasteiger partial charge in [0.25, 0.3) is 11.4 Å². The van der Waals surface area contributed by atoms with Gasteiger partial charge in [-0.05, 0) is 30.4 Å². The number of rotatable bonds is 5. The number of nitrogens with one attached hydrogen (secondary N) is 1. The van der Waals surface area contributed by atoms with E-state index in [4.69, 9.17) is 4.52 Å². The lowest BCUT2D eigenvalue weighted by atomic mass is 9.95. The summed E-state index contributed by atoms with van der Waals surface area (Å²) in [5.74, 6) is 0.679. The van der Waals surface area contributed by atoms with Gasteiger partial charge < -0.3 is 14.4 Å². The molecule has 1 fully saturated rings. The van der Waals surface area contributed by atoms with E-state index in [1.807, 2.05) is 17.5 Å². The van der Waals surface area contributed by atoms with Gasteiger partial charge in [-0.25, -0.2) is 0 Å². The van der Waals surface area contributed by atoms with Crippen LogP contribution in [0, 0.1) is 0 Å². The fourth-order valence-corrected chi connectivity index (χ4v) is 3.95. The van der Waals surface area contributed by atoms with Crippen LogP contribution in [-0.4, -0.2) is 26.7 Å². The van der Waals surface area contributed by atoms with Gasteiger partial charge >= 0.3 is 0 Å². The van der Waals surface area contributed by atoms with E-state index in [0.29, 0.717) is 17.3 Å². The van der Waals surface area contributed by atoms with Gasteiger partial charge in [0.15, 0.2) is 0 Å². The topological polar surface area (TPSA) is 90.0 Å². The highest BCUT2D eigenvalue weighted by atomic mass is 32.1. The Kier molecular flexibility index (Phi) is 5.15. The standard InChI is InChI=1S/C19H20N4O3S/c24-16(20-14-5-2-1-3-6-14)12-23-11-13(8-9-17(23)25)19-21-18(22-26-19)15-7-4-10-27-15/h4,7-11,14H,1-3,5-6,12H2,(H,20,24). The number of aromatic nitrogens is 3. The summed E-state index contributed by atoms with van der Waals surface area (Å²) in [7, 11) is 0. The molecule has 0 spiro atoms. The number of carbonyl (C=O) groups is 1. The van der Waals surface area contributed by atoms with Crippen LogP contribution in [0.15, 0.2) is 45.2 Å². The van der Waals surface area contributed by atoms with Crippen molar-refractivity contribution in [3.05, 3.63) is 46.2 Å². The molecule has 0 aromatic carbocycles. The number of hydrogen-bond acceptors (Lipinski definition) is 6. The Morgan fingerprint density at radius 2 is 2.11 bits per heavy atom. The van der Waals surface area contributed by atoms with Crippen molar-refractivity contribution in [2.45, 2.75) is 44.7 Å². The van der Waals surface area contributed by atoms with Crippen LogP contribution in [0.1, 0.15) is 32.1 Å². The zero-order chi connectivity index (χ0) is 18.6. The van der Waals surface area contributed by atoms with Crippen LogP contribution < -0.4 is 10.9 Å². The molecule has 0 atom stereocenters. The molecule has 1 aliphatic carbocycles. The van der Waals surface area contributed by atoms with Crippen LogP contribution in [0.2, 0.25) is 0 Å². The molecule has 1 amide bonds. The minimum atomic E-state index is -0.240. The Bertz CT molecular complexity index is 971. The molecule has 1 aliphatic rings. The van der Waals surface area contributed by atoms with Crippen molar-refractivity contribution in [3.8, 4) is 22.2 Å². The van der Waals surface area contributed by atoms with Gasteiger partial charge in [0, 0.05) is 18.3 Å². The zero-order valence-electron chi connectivity index (χ0n) is 14.8. The minimum absolute atomic E-state index is 0.0188. The lowest BCUT2D eigenvalue weighted by Gasteiger charge is -2.22. The predicted molar refractivity (Wildman–Crippen MR) is 102 cm³/mol. The first kappa shape index (κ1) is 17.7. The van der Waals surface area contributed by atoms with Crippen LogP contribution in [0.25, 0.3) is 22.2 Å². The molecule has 140 valence electrons. The van der Waals surface area contributed by atoms with Gasteiger partial charge in [-0.15, -0.1) is 11.3 Å². The molecular weight excluding hydrogens is 364 g/mol. The Morgan fingerprint density at radius 3 is 2.89 bits per heavy atom. The second-order valence-electron chi connectivity index (χ2n) is 6.69. The molecule has 3 aromatic rings. The second-order valence-corrected chi connectivity index (χ2v) is 7.63. The number of nitrogens with zero attached hydrogens (tertiary/aromatic N) is 3. The highest BCUT2D eigenvalue weighted by molar-refractivity contribution is 7.13. The zero-order valence-corrected chi connectivity index (χ0v) is 15.6. The van der Waals surface area contributed by atoms with Crippen molar-refractivity contribution in [3.63, 3.8) is 0 Å². The van der Waals surface area contributed by atoms with E-state index >= 15 is 0 Å². The predicted octanol–water partition coefficient (Wildman–Crippen LogP) is 3.08. The number of thiophene rings is 1. The largest absolute Gasteiger partial charge is 0.352 e. The smallest absolute Gasteiger partial charge is 0.259 e. The summed E-state index contributed by atoms with van der Waals surface area (Å²) in [5.41, 5.74) is 0.367. The molecule has 1 saturated carbocycles. The molecule has 0 aliphatic heterocycles. The Labute approximate surface area is 160 Å². The maximum absolute atomic E-state index is 12.3. The summed E-state index contributed by atoms with van der Waals surface area (Å²) >= 11 is 1.52. The van der Waals surface area contributed by atoms with Crippen molar-refractivity contribution in [1.29, 1.82) is 0 Å². The molecule has 3 aromatic heterocycles. The third-order valence-electron chi connectivity index (χ3n) is 4.68. The van der Waals surface area contributed by atoms with Crippen molar-refractivity contribution in [1.82, 2.24) is 20.0 Å². The fraction of sp³-hybridized carbons (Fsp3) is 0.368. The highest BCUT2D eigenvalue weighted by Crippen LogP contribution is 2.24. The Balaban J connectivity index is 1.49. The molecule has 3 heterocycles. The van der Waals surface area contributed by atoms with E-state index in [0.717, 1.165) is 30.6 Å². The van der Waals surface area contributed by atoms with Gasteiger partial charge in [-0.3, -0.25) is 9.59 Å². The van der Waals surface area contributed by atoms with E-state index in [-0.39, 0.29) is 24.1 Å². The van der Waals surface area contributed by atoms with Crippen LogP contribution in [0.3, 0.4) is 0 Å². The van der Waals surface area contributed by atoms with E-state index < -0.39 is 0 Å². The van der Waals surface area contributed by atoms with E-state index in [1.165, 1.54) is 28.4 Å². The molecule has 1 N–H and O–H groups in total. The number of pyridine rings is 1. The third kappa shape index (κ3) is 4.16. The maximum atomic E-state index is 12.3. The van der Waals surface area contributed by atoms with Crippen molar-refractivity contribution < 1.29 is 9.32 Å². The molecule has 0 radical (unpaired) electrons. The van der Waals surface area contributed by atoms with Crippen LogP contribution in [0.4, 0.5) is 0 Å². The molecule has 8 heteroatoms. The number of amides is 1. The van der Waals surface area contributed by atoms with Crippen molar-refractivity contribution in [2.24, 2.45) is 0 Å². The lowest BCUT2D eigenvalue weighted by molar-refractivity contribution is -0.122.